The largest absolute Gasteiger partial charge is 0.481 e. The van der Waals surface area contributed by atoms with E-state index in [1.165, 1.54) is 29.2 Å². The minimum atomic E-state index is -1.54. The highest BCUT2D eigenvalue weighted by Gasteiger charge is 2.50. The summed E-state index contributed by atoms with van der Waals surface area (Å²) in [6.07, 6.45) is -0.942. The van der Waals surface area contributed by atoms with Crippen molar-refractivity contribution >= 4 is 12.0 Å². The normalized spacial score (nSPS) is 21.6. The average molecular weight is 400 g/mol. The molecule has 6 nitrogen and oxygen atoms in total. The smallest absolute Gasteiger partial charge is 0.317 e. The predicted molar refractivity (Wildman–Crippen MR) is 106 cm³/mol. The van der Waals surface area contributed by atoms with Crippen LogP contribution in [0.4, 0.5) is 9.18 Å². The number of aryl methyl sites for hydroxylation is 1. The number of amides is 2. The van der Waals surface area contributed by atoms with Gasteiger partial charge in [-0.3, -0.25) is 4.79 Å². The molecule has 2 atom stereocenters. The van der Waals surface area contributed by atoms with Crippen LogP contribution in [0, 0.1) is 18.2 Å². The van der Waals surface area contributed by atoms with Crippen LogP contribution in [0.2, 0.25) is 0 Å². The molecule has 29 heavy (non-hydrogen) atoms. The van der Waals surface area contributed by atoms with Crippen molar-refractivity contribution in [3.05, 3.63) is 71.0 Å². The highest BCUT2D eigenvalue weighted by atomic mass is 19.1. The molecule has 1 fully saturated rings. The molecule has 1 aliphatic rings. The Kier molecular flexibility index (Phi) is 6.17. The lowest BCUT2D eigenvalue weighted by atomic mass is 9.73. The number of carbonyl (C=O) groups is 2. The van der Waals surface area contributed by atoms with Gasteiger partial charge >= 0.3 is 12.0 Å². The number of benzene rings is 2. The summed E-state index contributed by atoms with van der Waals surface area (Å²) in [6.45, 7) is 2.44. The van der Waals surface area contributed by atoms with Crippen LogP contribution >= 0.6 is 0 Å². The molecule has 2 aromatic carbocycles. The molecular formula is C22H25FN2O4. The third-order valence-corrected chi connectivity index (χ3v) is 5.46. The maximum atomic E-state index is 13.2. The summed E-state index contributed by atoms with van der Waals surface area (Å²) in [5, 5.41) is 23.3. The van der Waals surface area contributed by atoms with Gasteiger partial charge in [0.05, 0.1) is 6.10 Å². The standard InChI is InChI=1S/C22H25FN2O4/c1-15-3-2-4-17(11-15)13-24-21(29)25-10-9-19(26)22(14-25,20(27)28)12-16-5-7-18(23)8-6-16/h2-8,11,19,26H,9-10,12-14H2,1H3,(H,24,29)(H,27,28)/t19-,22-/m1/s1. The number of likely N-dealkylation sites (tertiary alicyclic amines) is 1. The maximum Gasteiger partial charge on any atom is 0.317 e. The van der Waals surface area contributed by atoms with Crippen LogP contribution in [-0.4, -0.2) is 46.3 Å². The van der Waals surface area contributed by atoms with Crippen molar-refractivity contribution < 1.29 is 24.2 Å². The molecular weight excluding hydrogens is 375 g/mol. The Balaban J connectivity index is 1.73. The van der Waals surface area contributed by atoms with E-state index in [1.807, 2.05) is 31.2 Å². The average Bonchev–Trinajstić information content (AvgIpc) is 2.69. The summed E-state index contributed by atoms with van der Waals surface area (Å²) in [5.74, 6) is -1.59. The second-order valence-corrected chi connectivity index (χ2v) is 7.64. The summed E-state index contributed by atoms with van der Waals surface area (Å²) in [7, 11) is 0. The number of halogens is 1. The Morgan fingerprint density at radius 1 is 1.21 bits per heavy atom. The molecule has 1 heterocycles. The van der Waals surface area contributed by atoms with Gasteiger partial charge in [-0.1, -0.05) is 42.0 Å². The fourth-order valence-electron chi connectivity index (χ4n) is 3.79. The first kappa shape index (κ1) is 20.8. The van der Waals surface area contributed by atoms with E-state index in [0.717, 1.165) is 11.1 Å². The molecule has 3 N–H and O–H groups in total. The number of urea groups is 1. The van der Waals surface area contributed by atoms with Crippen LogP contribution in [0.5, 0.6) is 0 Å². The van der Waals surface area contributed by atoms with E-state index in [-0.39, 0.29) is 32.0 Å². The van der Waals surface area contributed by atoms with Crippen molar-refractivity contribution in [2.45, 2.75) is 32.4 Å². The van der Waals surface area contributed by atoms with Crippen molar-refractivity contribution in [3.8, 4) is 0 Å². The molecule has 0 aliphatic carbocycles. The van der Waals surface area contributed by atoms with Crippen molar-refractivity contribution in [3.63, 3.8) is 0 Å². The summed E-state index contributed by atoms with van der Waals surface area (Å²) in [5.41, 5.74) is 1.08. The Morgan fingerprint density at radius 2 is 1.93 bits per heavy atom. The molecule has 3 rings (SSSR count). The predicted octanol–water partition coefficient (Wildman–Crippen LogP) is 2.72. The third-order valence-electron chi connectivity index (χ3n) is 5.46. The SMILES string of the molecule is Cc1cccc(CNC(=O)N2CC[C@@H](O)[C@](Cc3ccc(F)cc3)(C(=O)O)C2)c1. The van der Waals surface area contributed by atoms with Gasteiger partial charge < -0.3 is 20.4 Å². The zero-order chi connectivity index (χ0) is 21.0. The number of piperidine rings is 1. The first-order chi connectivity index (χ1) is 13.8. The zero-order valence-corrected chi connectivity index (χ0v) is 16.3. The number of carboxylic acids is 1. The van der Waals surface area contributed by atoms with Crippen LogP contribution in [0.1, 0.15) is 23.1 Å². The molecule has 0 saturated carbocycles. The lowest BCUT2D eigenvalue weighted by molar-refractivity contribution is -0.161. The summed E-state index contributed by atoms with van der Waals surface area (Å²) in [6, 6.07) is 12.9. The highest BCUT2D eigenvalue weighted by molar-refractivity contribution is 5.79. The Labute approximate surface area is 169 Å². The van der Waals surface area contributed by atoms with Crippen LogP contribution < -0.4 is 5.32 Å². The number of hydrogen-bond acceptors (Lipinski definition) is 3. The quantitative estimate of drug-likeness (QED) is 0.720. The number of hydrogen-bond donors (Lipinski definition) is 3. The molecule has 1 saturated heterocycles. The lowest BCUT2D eigenvalue weighted by Gasteiger charge is -2.43. The number of carboxylic acid groups (broad SMARTS) is 1. The van der Waals surface area contributed by atoms with Gasteiger partial charge in [0.2, 0.25) is 0 Å². The molecule has 2 aromatic rings. The van der Waals surface area contributed by atoms with Crippen molar-refractivity contribution in [1.82, 2.24) is 10.2 Å². The van der Waals surface area contributed by atoms with E-state index >= 15 is 0 Å². The van der Waals surface area contributed by atoms with E-state index in [1.54, 1.807) is 0 Å². The van der Waals surface area contributed by atoms with Gasteiger partial charge in [0, 0.05) is 19.6 Å². The van der Waals surface area contributed by atoms with Crippen LogP contribution in [0.15, 0.2) is 48.5 Å². The van der Waals surface area contributed by atoms with E-state index < -0.39 is 23.3 Å². The number of nitrogens with zero attached hydrogens (tertiary/aromatic N) is 1. The van der Waals surface area contributed by atoms with E-state index in [4.69, 9.17) is 0 Å². The van der Waals surface area contributed by atoms with E-state index in [0.29, 0.717) is 12.1 Å². The first-order valence-corrected chi connectivity index (χ1v) is 9.54. The number of aliphatic hydroxyl groups excluding tert-OH is 1. The Morgan fingerprint density at radius 3 is 2.59 bits per heavy atom. The molecule has 0 bridgehead atoms. The third kappa shape index (κ3) is 4.74. The van der Waals surface area contributed by atoms with Gasteiger partial charge in [0.15, 0.2) is 0 Å². The van der Waals surface area contributed by atoms with Crippen molar-refractivity contribution in [2.24, 2.45) is 5.41 Å². The van der Waals surface area contributed by atoms with Crippen LogP contribution in [-0.2, 0) is 17.8 Å². The molecule has 7 heteroatoms. The number of rotatable bonds is 5. The molecule has 2 amide bonds. The lowest BCUT2D eigenvalue weighted by Crippen LogP contribution is -2.59. The van der Waals surface area contributed by atoms with Gasteiger partial charge in [0.1, 0.15) is 11.2 Å². The Bertz CT molecular complexity index is 887. The molecule has 0 aromatic heterocycles. The second-order valence-electron chi connectivity index (χ2n) is 7.64. The highest BCUT2D eigenvalue weighted by Crippen LogP contribution is 2.35. The number of aliphatic carboxylic acids is 1. The maximum absolute atomic E-state index is 13.2. The van der Waals surface area contributed by atoms with Gasteiger partial charge in [-0.2, -0.15) is 0 Å². The monoisotopic (exact) mass is 400 g/mol. The van der Waals surface area contributed by atoms with E-state index in [2.05, 4.69) is 5.32 Å². The molecule has 1 aliphatic heterocycles. The van der Waals surface area contributed by atoms with E-state index in [9.17, 15) is 24.2 Å². The summed E-state index contributed by atoms with van der Waals surface area (Å²) < 4.78 is 13.2. The molecule has 154 valence electrons. The number of aliphatic hydroxyl groups is 1. The fourth-order valence-corrected chi connectivity index (χ4v) is 3.79. The minimum absolute atomic E-state index is 0.00540. The van der Waals surface area contributed by atoms with Crippen molar-refractivity contribution in [1.29, 1.82) is 0 Å². The van der Waals surface area contributed by atoms with Gasteiger partial charge in [-0.15, -0.1) is 0 Å². The number of carbonyl (C=O) groups excluding carboxylic acids is 1. The van der Waals surface area contributed by atoms with Crippen molar-refractivity contribution in [2.75, 3.05) is 13.1 Å². The summed E-state index contributed by atoms with van der Waals surface area (Å²) in [4.78, 5) is 26.2. The topological polar surface area (TPSA) is 89.9 Å². The second kappa shape index (κ2) is 8.61. The zero-order valence-electron chi connectivity index (χ0n) is 16.3. The summed E-state index contributed by atoms with van der Waals surface area (Å²) >= 11 is 0. The van der Waals surface area contributed by atoms with Crippen LogP contribution in [0.25, 0.3) is 0 Å². The first-order valence-electron chi connectivity index (χ1n) is 9.54. The van der Waals surface area contributed by atoms with Gasteiger partial charge in [0.25, 0.3) is 0 Å². The number of nitrogens with one attached hydrogen (secondary N) is 1. The Hall–Kier alpha value is -2.93. The minimum Gasteiger partial charge on any atom is -0.481 e. The molecule has 0 unspecified atom stereocenters. The van der Waals surface area contributed by atoms with Gasteiger partial charge in [-0.25, -0.2) is 9.18 Å². The van der Waals surface area contributed by atoms with Gasteiger partial charge in [-0.05, 0) is 43.0 Å². The molecule has 0 spiro atoms. The van der Waals surface area contributed by atoms with Crippen LogP contribution in [0.3, 0.4) is 0 Å². The molecule has 0 radical (unpaired) electrons. The fraction of sp³-hybridized carbons (Fsp3) is 0.364.